The van der Waals surface area contributed by atoms with Crippen LogP contribution < -0.4 is 10.6 Å². The molecule has 0 saturated carbocycles. The van der Waals surface area contributed by atoms with Crippen LogP contribution in [0.1, 0.15) is 12.0 Å². The van der Waals surface area contributed by atoms with Gasteiger partial charge in [0, 0.05) is 63.3 Å². The third-order valence-electron chi connectivity index (χ3n) is 5.10. The predicted octanol–water partition coefficient (Wildman–Crippen LogP) is 1.15. The van der Waals surface area contributed by atoms with Crippen molar-refractivity contribution >= 4 is 17.7 Å². The van der Waals surface area contributed by atoms with Gasteiger partial charge in [0.1, 0.15) is 6.29 Å². The largest absolute Gasteiger partial charge is 0.328 e. The van der Waals surface area contributed by atoms with Crippen molar-refractivity contribution in [2.24, 2.45) is 0 Å². The fourth-order valence-corrected chi connectivity index (χ4v) is 4.45. The number of thioether (sulfide) groups is 1. The van der Waals surface area contributed by atoms with E-state index in [1.165, 1.54) is 5.56 Å². The summed E-state index contributed by atoms with van der Waals surface area (Å²) in [5, 5.41) is 7.43. The smallest absolute Gasteiger partial charge is 0.223 e. The minimum Gasteiger partial charge on any atom is -0.328 e. The third-order valence-corrected chi connectivity index (χ3v) is 6.14. The van der Waals surface area contributed by atoms with Gasteiger partial charge < -0.3 is 5.32 Å². The Kier molecular flexibility index (Phi) is 6.53. The lowest BCUT2D eigenvalue weighted by Crippen LogP contribution is -2.66. The number of amides is 1. The monoisotopic (exact) mass is 398 g/mol. The van der Waals surface area contributed by atoms with Crippen molar-refractivity contribution in [3.8, 4) is 0 Å². The van der Waals surface area contributed by atoms with Gasteiger partial charge in [-0.15, -0.1) is 0 Å². The molecule has 2 unspecified atom stereocenters. The van der Waals surface area contributed by atoms with Crippen molar-refractivity contribution in [1.29, 1.82) is 0 Å². The molecule has 1 aromatic carbocycles. The van der Waals surface area contributed by atoms with Gasteiger partial charge in [-0.05, 0) is 11.6 Å². The van der Waals surface area contributed by atoms with Crippen LogP contribution in [0.5, 0.6) is 0 Å². The average molecular weight is 399 g/mol. The summed E-state index contributed by atoms with van der Waals surface area (Å²) in [6.07, 6.45) is 3.88. The van der Waals surface area contributed by atoms with E-state index in [0.29, 0.717) is 6.42 Å². The molecule has 0 aliphatic carbocycles. The highest BCUT2D eigenvalue weighted by Crippen LogP contribution is 2.17. The number of carbonyl (C=O) groups is 1. The Morgan fingerprint density at radius 1 is 1.04 bits per heavy atom. The van der Waals surface area contributed by atoms with Crippen LogP contribution in [0.3, 0.4) is 0 Å². The van der Waals surface area contributed by atoms with Gasteiger partial charge in [0.2, 0.25) is 5.91 Å². The number of carbonyl (C=O) groups excluding carboxylic acids is 1. The lowest BCUT2D eigenvalue weighted by Gasteiger charge is -2.43. The van der Waals surface area contributed by atoms with E-state index in [4.69, 9.17) is 0 Å². The lowest BCUT2D eigenvalue weighted by atomic mass is 10.1. The van der Waals surface area contributed by atoms with Crippen molar-refractivity contribution < 1.29 is 4.79 Å². The van der Waals surface area contributed by atoms with E-state index in [1.54, 1.807) is 24.2 Å². The minimum atomic E-state index is -0.0950. The SMILES string of the molecule is O=C1CC(CSc2ncccn2)NC(N2CCN(Cc3ccccc3)CC2)N1. The van der Waals surface area contributed by atoms with Gasteiger partial charge >= 0.3 is 0 Å². The molecule has 3 heterocycles. The second-order valence-corrected chi connectivity index (χ2v) is 8.17. The zero-order valence-corrected chi connectivity index (χ0v) is 16.6. The number of rotatable bonds is 6. The maximum Gasteiger partial charge on any atom is 0.223 e. The van der Waals surface area contributed by atoms with E-state index >= 15 is 0 Å². The average Bonchev–Trinajstić information content (AvgIpc) is 2.74. The summed E-state index contributed by atoms with van der Waals surface area (Å²) in [4.78, 5) is 25.5. The van der Waals surface area contributed by atoms with Crippen molar-refractivity contribution in [3.05, 3.63) is 54.4 Å². The van der Waals surface area contributed by atoms with Crippen LogP contribution in [-0.2, 0) is 11.3 Å². The van der Waals surface area contributed by atoms with Crippen molar-refractivity contribution in [2.75, 3.05) is 31.9 Å². The standard InChI is InChI=1S/C20H26N6OS/c27-18-13-17(15-28-20-21-7-4-8-22-20)23-19(24-18)26-11-9-25(10-12-26)14-16-5-2-1-3-6-16/h1-8,17,19,23H,9-15H2,(H,24,27). The van der Waals surface area contributed by atoms with Crippen molar-refractivity contribution in [2.45, 2.75) is 30.5 Å². The fraction of sp³-hybridized carbons (Fsp3) is 0.450. The van der Waals surface area contributed by atoms with Gasteiger partial charge in [-0.1, -0.05) is 42.1 Å². The van der Waals surface area contributed by atoms with E-state index < -0.39 is 0 Å². The number of hydrogen-bond acceptors (Lipinski definition) is 7. The Morgan fingerprint density at radius 3 is 2.54 bits per heavy atom. The molecule has 28 heavy (non-hydrogen) atoms. The van der Waals surface area contributed by atoms with Crippen LogP contribution in [-0.4, -0.2) is 69.9 Å². The zero-order valence-electron chi connectivity index (χ0n) is 15.8. The molecule has 2 aliphatic rings. The van der Waals surface area contributed by atoms with Crippen LogP contribution in [0.25, 0.3) is 0 Å². The Morgan fingerprint density at radius 2 is 1.79 bits per heavy atom. The molecule has 8 heteroatoms. The third kappa shape index (κ3) is 5.29. The van der Waals surface area contributed by atoms with E-state index in [9.17, 15) is 4.79 Å². The van der Waals surface area contributed by atoms with Gasteiger partial charge in [0.05, 0.1) is 0 Å². The molecule has 7 nitrogen and oxygen atoms in total. The zero-order chi connectivity index (χ0) is 19.2. The summed E-state index contributed by atoms with van der Waals surface area (Å²) in [6, 6.07) is 12.5. The van der Waals surface area contributed by atoms with E-state index in [1.807, 2.05) is 6.07 Å². The summed E-state index contributed by atoms with van der Waals surface area (Å²) >= 11 is 1.59. The van der Waals surface area contributed by atoms with E-state index in [-0.39, 0.29) is 18.2 Å². The maximum atomic E-state index is 12.2. The molecule has 2 aromatic rings. The van der Waals surface area contributed by atoms with E-state index in [2.05, 4.69) is 60.7 Å². The topological polar surface area (TPSA) is 73.4 Å². The molecule has 2 N–H and O–H groups in total. The molecule has 148 valence electrons. The Labute approximate surface area is 169 Å². The van der Waals surface area contributed by atoms with Crippen molar-refractivity contribution in [3.63, 3.8) is 0 Å². The van der Waals surface area contributed by atoms with Gasteiger partial charge in [-0.25, -0.2) is 9.97 Å². The summed E-state index contributed by atoms with van der Waals surface area (Å²) in [6.45, 7) is 4.86. The van der Waals surface area contributed by atoms with Gasteiger partial charge in [0.25, 0.3) is 0 Å². The van der Waals surface area contributed by atoms with Gasteiger partial charge in [0.15, 0.2) is 5.16 Å². The molecule has 0 bridgehead atoms. The molecule has 2 atom stereocenters. The van der Waals surface area contributed by atoms with Crippen LogP contribution in [0.2, 0.25) is 0 Å². The first-order valence-electron chi connectivity index (χ1n) is 9.72. The Hall–Kier alpha value is -2.00. The normalized spacial score (nSPS) is 24.1. The Balaban J connectivity index is 1.26. The van der Waals surface area contributed by atoms with E-state index in [0.717, 1.165) is 43.6 Å². The fourth-order valence-electron chi connectivity index (χ4n) is 3.62. The number of hydrogen-bond donors (Lipinski definition) is 2. The second-order valence-electron chi connectivity index (χ2n) is 7.18. The summed E-state index contributed by atoms with van der Waals surface area (Å²) in [5.74, 6) is 0.886. The molecule has 0 spiro atoms. The molecule has 1 aromatic heterocycles. The Bertz CT molecular complexity index is 754. The molecule has 2 saturated heterocycles. The highest BCUT2D eigenvalue weighted by atomic mass is 32.2. The first kappa shape index (κ1) is 19.3. The number of nitrogens with zero attached hydrogens (tertiary/aromatic N) is 4. The molecular formula is C20H26N6OS. The van der Waals surface area contributed by atoms with Crippen molar-refractivity contribution in [1.82, 2.24) is 30.4 Å². The predicted molar refractivity (Wildman–Crippen MR) is 110 cm³/mol. The maximum absolute atomic E-state index is 12.2. The molecule has 2 fully saturated rings. The molecule has 1 amide bonds. The summed E-state index contributed by atoms with van der Waals surface area (Å²) < 4.78 is 0. The number of benzene rings is 1. The molecular weight excluding hydrogens is 372 g/mol. The van der Waals surface area contributed by atoms with Crippen LogP contribution in [0.15, 0.2) is 53.9 Å². The first-order chi connectivity index (χ1) is 13.8. The first-order valence-corrected chi connectivity index (χ1v) is 10.7. The number of aromatic nitrogens is 2. The van der Waals surface area contributed by atoms with Crippen LogP contribution >= 0.6 is 11.8 Å². The quantitative estimate of drug-likeness (QED) is 0.559. The van der Waals surface area contributed by atoms with Crippen LogP contribution in [0.4, 0.5) is 0 Å². The second kappa shape index (κ2) is 9.47. The highest BCUT2D eigenvalue weighted by Gasteiger charge is 2.31. The summed E-state index contributed by atoms with van der Waals surface area (Å²) in [7, 11) is 0. The number of piperazine rings is 1. The van der Waals surface area contributed by atoms with Gasteiger partial charge in [-0.2, -0.15) is 0 Å². The van der Waals surface area contributed by atoms with Crippen LogP contribution in [0, 0.1) is 0 Å². The van der Waals surface area contributed by atoms with Gasteiger partial charge in [-0.3, -0.25) is 19.9 Å². The lowest BCUT2D eigenvalue weighted by molar-refractivity contribution is -0.127. The minimum absolute atomic E-state index is 0.0950. The highest BCUT2D eigenvalue weighted by molar-refractivity contribution is 7.99. The molecule has 4 rings (SSSR count). The molecule has 2 aliphatic heterocycles. The molecule has 0 radical (unpaired) electrons. The summed E-state index contributed by atoms with van der Waals surface area (Å²) in [5.41, 5.74) is 1.35. The number of nitrogens with one attached hydrogen (secondary N) is 2.